The first-order chi connectivity index (χ1) is 24.0. The van der Waals surface area contributed by atoms with Crippen molar-refractivity contribution in [3.05, 3.63) is 90.0 Å². The molecule has 2 aromatic heterocycles. The van der Waals surface area contributed by atoms with Gasteiger partial charge in [-0.25, -0.2) is 9.97 Å². The fourth-order valence-corrected chi connectivity index (χ4v) is 6.44. The van der Waals surface area contributed by atoms with Crippen LogP contribution in [0.4, 0.5) is 17.1 Å². The monoisotopic (exact) mass is 659 g/mol. The highest BCUT2D eigenvalue weighted by Crippen LogP contribution is 2.29. The summed E-state index contributed by atoms with van der Waals surface area (Å²) in [5.41, 5.74) is 9.56. The second-order valence-corrected chi connectivity index (χ2v) is 12.3. The Hall–Kier alpha value is -5.23. The lowest BCUT2D eigenvalue weighted by molar-refractivity contribution is 0.102. The number of amides is 1. The fraction of sp³-hybridized carbons (Fsp3) is 0.289. The van der Waals surface area contributed by atoms with E-state index in [1.807, 2.05) is 59.5 Å². The van der Waals surface area contributed by atoms with Crippen LogP contribution in [-0.4, -0.2) is 88.7 Å². The van der Waals surface area contributed by atoms with E-state index in [4.69, 9.17) is 14.7 Å². The SMILES string of the molecule is CCCc1cc(C(=O)Nc2ccc3nc(-c4ccc(N(CCO)CCO)cc4)[nH]c3c2)cc2[nH]c(-c3ccc(N4CCOCC4)cc3)nc12. The molecule has 252 valence electrons. The molecule has 5 N–H and O–H groups in total. The van der Waals surface area contributed by atoms with Crippen LogP contribution in [0.3, 0.4) is 0 Å². The number of nitrogens with zero attached hydrogens (tertiary/aromatic N) is 4. The van der Waals surface area contributed by atoms with E-state index >= 15 is 0 Å². The first-order valence-electron chi connectivity index (χ1n) is 16.9. The van der Waals surface area contributed by atoms with Gasteiger partial charge in [-0.2, -0.15) is 0 Å². The molecule has 49 heavy (non-hydrogen) atoms. The van der Waals surface area contributed by atoms with Crippen molar-refractivity contribution in [3.8, 4) is 22.8 Å². The molecule has 0 unspecified atom stereocenters. The zero-order valence-corrected chi connectivity index (χ0v) is 27.6. The van der Waals surface area contributed by atoms with Crippen molar-refractivity contribution in [3.63, 3.8) is 0 Å². The predicted octanol–water partition coefficient (Wildman–Crippen LogP) is 5.61. The molecule has 0 bridgehead atoms. The number of nitrogens with one attached hydrogen (secondary N) is 3. The largest absolute Gasteiger partial charge is 0.395 e. The quantitative estimate of drug-likeness (QED) is 0.114. The number of H-pyrrole nitrogens is 2. The Morgan fingerprint density at radius 3 is 2.22 bits per heavy atom. The number of anilines is 3. The van der Waals surface area contributed by atoms with E-state index in [0.29, 0.717) is 30.2 Å². The number of rotatable bonds is 12. The predicted molar refractivity (Wildman–Crippen MR) is 194 cm³/mol. The highest BCUT2D eigenvalue weighted by atomic mass is 16.5. The van der Waals surface area contributed by atoms with Gasteiger partial charge in [0.05, 0.1) is 48.5 Å². The van der Waals surface area contributed by atoms with Crippen molar-refractivity contribution >= 4 is 45.0 Å². The number of aliphatic hydroxyl groups excluding tert-OH is 2. The second kappa shape index (κ2) is 14.5. The second-order valence-electron chi connectivity index (χ2n) is 12.3. The van der Waals surface area contributed by atoms with Gasteiger partial charge in [0.25, 0.3) is 5.91 Å². The number of aliphatic hydroxyl groups is 2. The maximum absolute atomic E-state index is 13.6. The molecule has 4 aromatic carbocycles. The molecule has 0 radical (unpaired) electrons. The summed E-state index contributed by atoms with van der Waals surface area (Å²) in [6.07, 6.45) is 1.74. The molecular weight excluding hydrogens is 618 g/mol. The lowest BCUT2D eigenvalue weighted by atomic mass is 10.0. The first kappa shape index (κ1) is 32.3. The van der Waals surface area contributed by atoms with E-state index in [9.17, 15) is 15.0 Å². The summed E-state index contributed by atoms with van der Waals surface area (Å²) in [5.74, 6) is 1.29. The van der Waals surface area contributed by atoms with Crippen LogP contribution in [-0.2, 0) is 11.2 Å². The van der Waals surface area contributed by atoms with Gasteiger partial charge >= 0.3 is 0 Å². The van der Waals surface area contributed by atoms with Crippen molar-refractivity contribution in [2.24, 2.45) is 0 Å². The fourth-order valence-electron chi connectivity index (χ4n) is 6.44. The molecule has 1 aliphatic heterocycles. The van der Waals surface area contributed by atoms with E-state index in [1.165, 1.54) is 5.69 Å². The van der Waals surface area contributed by atoms with Gasteiger partial charge in [0.2, 0.25) is 0 Å². The number of carbonyl (C=O) groups is 1. The lowest BCUT2D eigenvalue weighted by Gasteiger charge is -2.28. The standard InChI is InChI=1S/C38H41N7O4/c1-2-3-27-22-28(23-34-35(27)43-37(42-34)26-6-11-31(12-7-26)45-16-20-49-21-17-45)38(48)39-29-8-13-32-33(24-29)41-36(40-32)25-4-9-30(10-5-25)44(14-18-46)15-19-47/h4-13,22-24,46-47H,2-3,14-21H2,1H3,(H,39,48)(H,40,41)(H,42,43). The number of fused-ring (bicyclic) bond motifs is 2. The number of hydrogen-bond acceptors (Lipinski definition) is 8. The van der Waals surface area contributed by atoms with Gasteiger partial charge in [-0.05, 0) is 90.8 Å². The molecule has 6 aromatic rings. The van der Waals surface area contributed by atoms with E-state index in [0.717, 1.165) is 89.4 Å². The Kier molecular flexibility index (Phi) is 9.56. The summed E-state index contributed by atoms with van der Waals surface area (Å²) >= 11 is 0. The topological polar surface area (TPSA) is 143 Å². The van der Waals surface area contributed by atoms with Gasteiger partial charge in [-0.15, -0.1) is 0 Å². The molecule has 1 amide bonds. The molecule has 1 aliphatic rings. The van der Waals surface area contributed by atoms with Crippen LogP contribution in [0.25, 0.3) is 44.8 Å². The van der Waals surface area contributed by atoms with E-state index in [1.54, 1.807) is 0 Å². The van der Waals surface area contributed by atoms with Crippen molar-refractivity contribution in [1.82, 2.24) is 19.9 Å². The maximum Gasteiger partial charge on any atom is 0.255 e. The summed E-state index contributed by atoms with van der Waals surface area (Å²) in [6, 6.07) is 25.7. The summed E-state index contributed by atoms with van der Waals surface area (Å²) in [4.78, 5) is 34.4. The van der Waals surface area contributed by atoms with Crippen LogP contribution in [0.5, 0.6) is 0 Å². The third kappa shape index (κ3) is 7.00. The number of hydrogen-bond donors (Lipinski definition) is 5. The molecule has 0 aliphatic carbocycles. The number of benzene rings is 4. The molecule has 11 nitrogen and oxygen atoms in total. The summed E-state index contributed by atoms with van der Waals surface area (Å²) in [6.45, 7) is 6.30. The molecule has 11 heteroatoms. The van der Waals surface area contributed by atoms with Gasteiger partial charge in [0.15, 0.2) is 0 Å². The van der Waals surface area contributed by atoms with Crippen LogP contribution in [0, 0.1) is 0 Å². The van der Waals surface area contributed by atoms with Crippen LogP contribution >= 0.6 is 0 Å². The number of carbonyl (C=O) groups excluding carboxylic acids is 1. The van der Waals surface area contributed by atoms with Crippen molar-refractivity contribution in [2.45, 2.75) is 19.8 Å². The van der Waals surface area contributed by atoms with E-state index in [-0.39, 0.29) is 19.1 Å². The number of aromatic nitrogens is 4. The van der Waals surface area contributed by atoms with Crippen LogP contribution in [0.15, 0.2) is 78.9 Å². The Morgan fingerprint density at radius 2 is 1.53 bits per heavy atom. The minimum absolute atomic E-state index is 0.00800. The Labute approximate surface area is 284 Å². The summed E-state index contributed by atoms with van der Waals surface area (Å²) in [5, 5.41) is 21.8. The van der Waals surface area contributed by atoms with Crippen LogP contribution in [0.2, 0.25) is 0 Å². The molecule has 3 heterocycles. The minimum Gasteiger partial charge on any atom is -0.395 e. The van der Waals surface area contributed by atoms with Gasteiger partial charge in [0, 0.05) is 59.9 Å². The van der Waals surface area contributed by atoms with Gasteiger partial charge in [0.1, 0.15) is 11.6 Å². The zero-order chi connectivity index (χ0) is 33.7. The minimum atomic E-state index is -0.199. The average Bonchev–Trinajstić information content (AvgIpc) is 3.77. The first-order valence-corrected chi connectivity index (χ1v) is 16.9. The van der Waals surface area contributed by atoms with Crippen LogP contribution in [0.1, 0.15) is 29.3 Å². The maximum atomic E-state index is 13.6. The Balaban J connectivity index is 1.09. The number of aromatic amines is 2. The molecule has 1 saturated heterocycles. The van der Waals surface area contributed by atoms with Crippen molar-refractivity contribution in [1.29, 1.82) is 0 Å². The van der Waals surface area contributed by atoms with Gasteiger partial charge < -0.3 is 40.0 Å². The number of ether oxygens (including phenoxy) is 1. The van der Waals surface area contributed by atoms with Crippen LogP contribution < -0.4 is 15.1 Å². The number of imidazole rings is 2. The molecule has 0 saturated carbocycles. The molecular formula is C38H41N7O4. The zero-order valence-electron chi connectivity index (χ0n) is 27.6. The van der Waals surface area contributed by atoms with Crippen molar-refractivity contribution < 1.29 is 19.7 Å². The molecule has 1 fully saturated rings. The molecule has 7 rings (SSSR count). The van der Waals surface area contributed by atoms with Gasteiger partial charge in [-0.1, -0.05) is 13.3 Å². The molecule has 0 spiro atoms. The average molecular weight is 660 g/mol. The normalized spacial score (nSPS) is 13.3. The highest BCUT2D eigenvalue weighted by Gasteiger charge is 2.17. The van der Waals surface area contributed by atoms with Crippen molar-refractivity contribution in [2.75, 3.05) is 67.7 Å². The van der Waals surface area contributed by atoms with E-state index < -0.39 is 0 Å². The van der Waals surface area contributed by atoms with Gasteiger partial charge in [-0.3, -0.25) is 4.79 Å². The third-order valence-corrected chi connectivity index (χ3v) is 8.95. The van der Waals surface area contributed by atoms with E-state index in [2.05, 4.69) is 51.4 Å². The molecule has 0 atom stereocenters. The summed E-state index contributed by atoms with van der Waals surface area (Å²) < 4.78 is 5.49. The third-order valence-electron chi connectivity index (χ3n) is 8.95. The lowest BCUT2D eigenvalue weighted by Crippen LogP contribution is -2.36. The Bertz CT molecular complexity index is 2040. The highest BCUT2D eigenvalue weighted by molar-refractivity contribution is 6.07. The summed E-state index contributed by atoms with van der Waals surface area (Å²) in [7, 11) is 0. The Morgan fingerprint density at radius 1 is 0.857 bits per heavy atom. The smallest absolute Gasteiger partial charge is 0.255 e. The number of morpholine rings is 1. The number of aryl methyl sites for hydroxylation is 1.